The van der Waals surface area contributed by atoms with Gasteiger partial charge in [-0.3, -0.25) is 0 Å². The number of aromatic nitrogens is 3. The quantitative estimate of drug-likeness (QED) is 0.858. The lowest BCUT2D eigenvalue weighted by atomic mass is 10.2. The van der Waals surface area contributed by atoms with E-state index < -0.39 is 0 Å². The molecule has 0 fully saturated rings. The summed E-state index contributed by atoms with van der Waals surface area (Å²) >= 11 is 7.57. The number of ether oxygens (including phenoxy) is 1. The number of nitrogens with two attached hydrogens (primary N) is 1. The number of methoxy groups -OCH3 is 1. The molecule has 0 saturated carbocycles. The Morgan fingerprint density at radius 1 is 1.42 bits per heavy atom. The third-order valence-electron chi connectivity index (χ3n) is 2.71. The van der Waals surface area contributed by atoms with Crippen molar-refractivity contribution in [3.8, 4) is 5.75 Å². The van der Waals surface area contributed by atoms with Crippen molar-refractivity contribution in [3.63, 3.8) is 0 Å². The van der Waals surface area contributed by atoms with Gasteiger partial charge in [-0.25, -0.2) is 0 Å². The van der Waals surface area contributed by atoms with E-state index in [0.717, 1.165) is 22.3 Å². The first kappa shape index (κ1) is 14.2. The van der Waals surface area contributed by atoms with E-state index in [1.54, 1.807) is 18.9 Å². The summed E-state index contributed by atoms with van der Waals surface area (Å²) in [4.78, 5) is 0. The standard InChI is InChI=1S/C12H15ClN4OS/c1-17-11(6-14)15-16-12(17)19-7-8-5-9(13)3-4-10(8)18-2/h3-5H,6-7,14H2,1-2H3. The van der Waals surface area contributed by atoms with E-state index in [0.29, 0.717) is 17.3 Å². The van der Waals surface area contributed by atoms with Gasteiger partial charge >= 0.3 is 0 Å². The highest BCUT2D eigenvalue weighted by Crippen LogP contribution is 2.29. The first-order chi connectivity index (χ1) is 9.15. The fraction of sp³-hybridized carbons (Fsp3) is 0.333. The Hall–Kier alpha value is -1.24. The maximum Gasteiger partial charge on any atom is 0.191 e. The summed E-state index contributed by atoms with van der Waals surface area (Å²) in [5.41, 5.74) is 6.59. The number of nitrogens with zero attached hydrogens (tertiary/aromatic N) is 3. The molecule has 0 unspecified atom stereocenters. The summed E-state index contributed by atoms with van der Waals surface area (Å²) in [7, 11) is 3.55. The summed E-state index contributed by atoms with van der Waals surface area (Å²) in [6.45, 7) is 0.380. The van der Waals surface area contributed by atoms with Crippen molar-refractivity contribution in [2.75, 3.05) is 7.11 Å². The smallest absolute Gasteiger partial charge is 0.191 e. The van der Waals surface area contributed by atoms with Crippen LogP contribution < -0.4 is 10.5 Å². The molecule has 0 aliphatic heterocycles. The van der Waals surface area contributed by atoms with Gasteiger partial charge in [-0.15, -0.1) is 10.2 Å². The molecule has 0 atom stereocenters. The van der Waals surface area contributed by atoms with Gasteiger partial charge in [0.15, 0.2) is 5.16 Å². The highest BCUT2D eigenvalue weighted by Gasteiger charge is 2.10. The Bertz CT molecular complexity index is 573. The van der Waals surface area contributed by atoms with Crippen LogP contribution in [0.4, 0.5) is 0 Å². The zero-order chi connectivity index (χ0) is 13.8. The molecule has 0 bridgehead atoms. The van der Waals surface area contributed by atoms with Crippen molar-refractivity contribution in [3.05, 3.63) is 34.6 Å². The van der Waals surface area contributed by atoms with E-state index in [9.17, 15) is 0 Å². The Labute approximate surface area is 121 Å². The molecule has 0 radical (unpaired) electrons. The van der Waals surface area contributed by atoms with Crippen LogP contribution in [-0.4, -0.2) is 21.9 Å². The summed E-state index contributed by atoms with van der Waals surface area (Å²) in [5, 5.41) is 9.63. The fourth-order valence-corrected chi connectivity index (χ4v) is 2.75. The highest BCUT2D eigenvalue weighted by atomic mass is 35.5. The molecule has 2 N–H and O–H groups in total. The molecule has 2 rings (SSSR count). The number of benzene rings is 1. The number of halogens is 1. The van der Waals surface area contributed by atoms with Crippen LogP contribution in [0.25, 0.3) is 0 Å². The molecule has 1 aromatic heterocycles. The molecule has 2 aromatic rings. The second-order valence-electron chi connectivity index (χ2n) is 3.91. The molecule has 19 heavy (non-hydrogen) atoms. The van der Waals surface area contributed by atoms with E-state index in [2.05, 4.69) is 10.2 Å². The Kier molecular flexibility index (Phi) is 4.68. The van der Waals surface area contributed by atoms with Gasteiger partial charge in [0.2, 0.25) is 0 Å². The number of thioether (sulfide) groups is 1. The van der Waals surface area contributed by atoms with Crippen LogP contribution in [0.5, 0.6) is 5.75 Å². The van der Waals surface area contributed by atoms with Crippen LogP contribution in [0.15, 0.2) is 23.4 Å². The number of rotatable bonds is 5. The van der Waals surface area contributed by atoms with Gasteiger partial charge < -0.3 is 15.0 Å². The van der Waals surface area contributed by atoms with Crippen molar-refractivity contribution >= 4 is 23.4 Å². The number of hydrogen-bond donors (Lipinski definition) is 1. The Balaban J connectivity index is 2.13. The van der Waals surface area contributed by atoms with Gasteiger partial charge in [0.25, 0.3) is 0 Å². The van der Waals surface area contributed by atoms with Crippen molar-refractivity contribution in [1.29, 1.82) is 0 Å². The Morgan fingerprint density at radius 2 is 2.21 bits per heavy atom. The highest BCUT2D eigenvalue weighted by molar-refractivity contribution is 7.98. The minimum atomic E-state index is 0.380. The van der Waals surface area contributed by atoms with Gasteiger partial charge in [0.1, 0.15) is 11.6 Å². The molecule has 5 nitrogen and oxygen atoms in total. The van der Waals surface area contributed by atoms with Crippen LogP contribution in [0.2, 0.25) is 5.02 Å². The largest absolute Gasteiger partial charge is 0.496 e. The minimum absolute atomic E-state index is 0.380. The van der Waals surface area contributed by atoms with Crippen molar-refractivity contribution < 1.29 is 4.74 Å². The normalized spacial score (nSPS) is 10.7. The van der Waals surface area contributed by atoms with E-state index >= 15 is 0 Å². The third-order valence-corrected chi connectivity index (χ3v) is 4.01. The lowest BCUT2D eigenvalue weighted by Crippen LogP contribution is -2.05. The van der Waals surface area contributed by atoms with Crippen molar-refractivity contribution in [1.82, 2.24) is 14.8 Å². The van der Waals surface area contributed by atoms with E-state index in [4.69, 9.17) is 22.1 Å². The van der Waals surface area contributed by atoms with E-state index in [1.165, 1.54) is 0 Å². The van der Waals surface area contributed by atoms with Gasteiger partial charge in [0.05, 0.1) is 13.7 Å². The first-order valence-corrected chi connectivity index (χ1v) is 7.05. The average molecular weight is 299 g/mol. The second-order valence-corrected chi connectivity index (χ2v) is 5.29. The molecule has 7 heteroatoms. The molecular formula is C12H15ClN4OS. The maximum absolute atomic E-state index is 6.00. The van der Waals surface area contributed by atoms with Crippen LogP contribution in [0.3, 0.4) is 0 Å². The monoisotopic (exact) mass is 298 g/mol. The average Bonchev–Trinajstić information content (AvgIpc) is 2.77. The predicted molar refractivity (Wildman–Crippen MR) is 76.5 cm³/mol. The number of hydrogen-bond acceptors (Lipinski definition) is 5. The van der Waals surface area contributed by atoms with Crippen LogP contribution in [0, 0.1) is 0 Å². The van der Waals surface area contributed by atoms with Gasteiger partial charge in [0, 0.05) is 23.4 Å². The SMILES string of the molecule is COc1ccc(Cl)cc1CSc1nnc(CN)n1C. The van der Waals surface area contributed by atoms with E-state index in [1.807, 2.05) is 29.8 Å². The van der Waals surface area contributed by atoms with Crippen molar-refractivity contribution in [2.24, 2.45) is 12.8 Å². The molecule has 0 aliphatic carbocycles. The molecule has 0 aliphatic rings. The van der Waals surface area contributed by atoms with Crippen LogP contribution >= 0.6 is 23.4 Å². The summed E-state index contributed by atoms with van der Waals surface area (Å²) in [6.07, 6.45) is 0. The zero-order valence-electron chi connectivity index (χ0n) is 10.8. The maximum atomic E-state index is 6.00. The first-order valence-electron chi connectivity index (χ1n) is 5.69. The molecule has 102 valence electrons. The Morgan fingerprint density at radius 3 is 2.84 bits per heavy atom. The molecule has 1 aromatic carbocycles. The van der Waals surface area contributed by atoms with Gasteiger partial charge in [-0.1, -0.05) is 23.4 Å². The molecule has 1 heterocycles. The summed E-state index contributed by atoms with van der Waals surface area (Å²) < 4.78 is 7.20. The van der Waals surface area contributed by atoms with E-state index in [-0.39, 0.29) is 0 Å². The predicted octanol–water partition coefficient (Wildman–Crippen LogP) is 2.23. The third kappa shape index (κ3) is 3.20. The molecule has 0 saturated heterocycles. The lowest BCUT2D eigenvalue weighted by Gasteiger charge is -2.08. The summed E-state index contributed by atoms with van der Waals surface area (Å²) in [6, 6.07) is 5.57. The van der Waals surface area contributed by atoms with Crippen LogP contribution in [0.1, 0.15) is 11.4 Å². The van der Waals surface area contributed by atoms with Gasteiger partial charge in [-0.2, -0.15) is 0 Å². The molecular weight excluding hydrogens is 284 g/mol. The topological polar surface area (TPSA) is 66.0 Å². The minimum Gasteiger partial charge on any atom is -0.496 e. The van der Waals surface area contributed by atoms with Gasteiger partial charge in [-0.05, 0) is 18.2 Å². The summed E-state index contributed by atoms with van der Waals surface area (Å²) in [5.74, 6) is 2.29. The fourth-order valence-electron chi connectivity index (χ4n) is 1.65. The second kappa shape index (κ2) is 6.27. The molecule has 0 amide bonds. The zero-order valence-corrected chi connectivity index (χ0v) is 12.3. The molecule has 0 spiro atoms. The van der Waals surface area contributed by atoms with Crippen molar-refractivity contribution in [2.45, 2.75) is 17.5 Å². The van der Waals surface area contributed by atoms with Crippen LogP contribution in [-0.2, 0) is 19.3 Å². The lowest BCUT2D eigenvalue weighted by molar-refractivity contribution is 0.411.